The summed E-state index contributed by atoms with van der Waals surface area (Å²) in [5, 5.41) is 11.7. The maximum Gasteiger partial charge on any atom is 0.165 e. The first-order valence-corrected chi connectivity index (χ1v) is 21.3. The first-order valence-electron chi connectivity index (χ1n) is 23.0. The van der Waals surface area contributed by atoms with E-state index in [-0.39, 0.29) is 23.5 Å². The second kappa shape index (κ2) is 13.8. The van der Waals surface area contributed by atoms with Crippen molar-refractivity contribution in [3.63, 3.8) is 0 Å². The average molecular weight is 812 g/mol. The van der Waals surface area contributed by atoms with Gasteiger partial charge in [-0.25, -0.2) is 15.0 Å². The molecule has 0 aliphatic heterocycles. The number of benzene rings is 10. The van der Waals surface area contributed by atoms with Gasteiger partial charge in [-0.15, -0.1) is 11.3 Å². The van der Waals surface area contributed by atoms with Gasteiger partial charge in [0.05, 0.1) is 17.9 Å². The molecule has 5 heteroatoms. The lowest BCUT2D eigenvalue weighted by atomic mass is 9.89. The van der Waals surface area contributed by atoms with Crippen LogP contribution in [0.2, 0.25) is 0 Å². The molecule has 0 spiro atoms. The Morgan fingerprint density at radius 1 is 0.387 bits per heavy atom. The lowest BCUT2D eigenvalue weighted by Crippen LogP contribution is -2.01. The summed E-state index contributed by atoms with van der Waals surface area (Å²) in [7, 11) is 0. The van der Waals surface area contributed by atoms with Crippen LogP contribution in [0, 0.1) is 0 Å². The zero-order valence-corrected chi connectivity index (χ0v) is 33.8. The van der Waals surface area contributed by atoms with Crippen molar-refractivity contribution < 1.29 is 6.85 Å². The predicted molar refractivity (Wildman–Crippen MR) is 261 cm³/mol. The van der Waals surface area contributed by atoms with Crippen molar-refractivity contribution in [2.24, 2.45) is 0 Å². The predicted octanol–water partition coefficient (Wildman–Crippen LogP) is 15.5. The van der Waals surface area contributed by atoms with Crippen LogP contribution in [0.5, 0.6) is 0 Å². The molecule has 0 aliphatic rings. The van der Waals surface area contributed by atoms with Crippen LogP contribution >= 0.6 is 11.3 Å². The Kier molecular flexibility index (Phi) is 6.69. The van der Waals surface area contributed by atoms with Crippen LogP contribution in [-0.2, 0) is 0 Å². The second-order valence-electron chi connectivity index (χ2n) is 15.5. The fourth-order valence-corrected chi connectivity index (χ4v) is 10.6. The van der Waals surface area contributed by atoms with E-state index in [0.29, 0.717) is 17.2 Å². The molecule has 0 unspecified atom stereocenters. The molecule has 0 saturated carbocycles. The van der Waals surface area contributed by atoms with Crippen molar-refractivity contribution in [3.8, 4) is 51.0 Å². The van der Waals surface area contributed by atoms with Gasteiger partial charge in [0, 0.05) is 53.3 Å². The molecule has 0 N–H and O–H groups in total. The lowest BCUT2D eigenvalue weighted by Gasteiger charge is -2.14. The van der Waals surface area contributed by atoms with E-state index in [4.69, 9.17) is 21.8 Å². The molecule has 0 amide bonds. The van der Waals surface area contributed by atoms with Gasteiger partial charge in [0.2, 0.25) is 0 Å². The molecule has 13 aromatic rings. The zero-order valence-electron chi connectivity index (χ0n) is 37.9. The Hall–Kier alpha value is -7.99. The topological polar surface area (TPSA) is 43.6 Å². The Morgan fingerprint density at radius 3 is 1.65 bits per heavy atom. The van der Waals surface area contributed by atoms with Gasteiger partial charge in [-0.05, 0) is 73.8 Å². The summed E-state index contributed by atoms with van der Waals surface area (Å²) in [6, 6.07) is 59.2. The number of fused-ring (bicyclic) bond motifs is 12. The summed E-state index contributed by atoms with van der Waals surface area (Å²) in [6.07, 6.45) is 0. The molecule has 62 heavy (non-hydrogen) atoms. The molecule has 3 aromatic heterocycles. The third kappa shape index (κ3) is 5.35. The van der Waals surface area contributed by atoms with Crippen LogP contribution in [0.1, 0.15) is 6.85 Å². The summed E-state index contributed by atoms with van der Waals surface area (Å²) >= 11 is 1.66. The highest BCUT2D eigenvalue weighted by Gasteiger charge is 2.21. The van der Waals surface area contributed by atoms with Gasteiger partial charge in [-0.1, -0.05) is 176 Å². The van der Waals surface area contributed by atoms with Gasteiger partial charge in [-0.3, -0.25) is 0 Å². The van der Waals surface area contributed by atoms with Crippen LogP contribution in [0.3, 0.4) is 0 Å². The van der Waals surface area contributed by atoms with Gasteiger partial charge in [0.15, 0.2) is 17.5 Å². The molecule has 0 bridgehead atoms. The Balaban J connectivity index is 1.12. The SMILES string of the molecule is [2H]c1c([2H])c([2H])c(-c2nc(-c3ccccc3)nc(-c3cc(-n4c5ccccc5c5ccccc54)cc4c3sc3cc(-c5cccc6c7ccccc7c7ccccc7c56)ccc34)n2)c([2H])c1[2H]. The molecule has 13 rings (SSSR count). The Bertz CT molecular complexity index is 4110. The van der Waals surface area contributed by atoms with Crippen molar-refractivity contribution >= 4 is 85.6 Å². The van der Waals surface area contributed by atoms with Crippen molar-refractivity contribution in [2.45, 2.75) is 0 Å². The number of hydrogen-bond acceptors (Lipinski definition) is 4. The molecule has 10 aromatic carbocycles. The molecule has 288 valence electrons. The first kappa shape index (κ1) is 30.1. The zero-order chi connectivity index (χ0) is 45.1. The Morgan fingerprint density at radius 2 is 0.952 bits per heavy atom. The maximum absolute atomic E-state index is 8.96. The molecule has 0 radical (unpaired) electrons. The van der Waals surface area contributed by atoms with Crippen molar-refractivity contribution in [1.82, 2.24) is 19.5 Å². The molecule has 0 atom stereocenters. The van der Waals surface area contributed by atoms with Gasteiger partial charge in [-0.2, -0.15) is 0 Å². The first-order chi connectivity index (χ1) is 32.8. The van der Waals surface area contributed by atoms with E-state index >= 15 is 0 Å². The molecule has 0 saturated heterocycles. The van der Waals surface area contributed by atoms with Crippen molar-refractivity contribution in [3.05, 3.63) is 206 Å². The molecular weight excluding hydrogens is 773 g/mol. The second-order valence-corrected chi connectivity index (χ2v) is 16.6. The quantitative estimate of drug-likeness (QED) is 0.163. The fourth-order valence-electron chi connectivity index (χ4n) is 9.41. The summed E-state index contributed by atoms with van der Waals surface area (Å²) in [5.41, 5.74) is 6.60. The highest BCUT2D eigenvalue weighted by atomic mass is 32.1. The van der Waals surface area contributed by atoms with Gasteiger partial charge in [0.25, 0.3) is 0 Å². The van der Waals surface area contributed by atoms with E-state index in [0.717, 1.165) is 64.4 Å². The molecule has 0 aliphatic carbocycles. The number of rotatable bonds is 5. The monoisotopic (exact) mass is 811 g/mol. The third-order valence-corrected chi connectivity index (χ3v) is 13.3. The minimum atomic E-state index is -0.480. The van der Waals surface area contributed by atoms with Crippen LogP contribution in [-0.4, -0.2) is 19.5 Å². The van der Waals surface area contributed by atoms with Crippen LogP contribution in [0.25, 0.3) is 125 Å². The van der Waals surface area contributed by atoms with E-state index in [9.17, 15) is 0 Å². The fraction of sp³-hybridized carbons (Fsp3) is 0. The third-order valence-electron chi connectivity index (χ3n) is 12.1. The van der Waals surface area contributed by atoms with Gasteiger partial charge < -0.3 is 4.57 Å². The minimum Gasteiger partial charge on any atom is -0.309 e. The number of para-hydroxylation sites is 2. The normalized spacial score (nSPS) is 13.0. The number of aromatic nitrogens is 4. The maximum atomic E-state index is 8.96. The number of nitrogens with zero attached hydrogens (tertiary/aromatic N) is 4. The lowest BCUT2D eigenvalue weighted by molar-refractivity contribution is 1.07. The Labute approximate surface area is 367 Å². The number of thiophene rings is 1. The van der Waals surface area contributed by atoms with Gasteiger partial charge in [0.1, 0.15) is 0 Å². The standard InChI is InChI=1S/C57H34N4S/c1-3-16-35(17-4-1)55-58-56(36-18-5-2-6-19-36)60-57(59-55)49-34-38(61-50-28-13-11-23-43(50)44-24-12-14-29-51(44)61)33-48-45-31-30-37(32-52(45)62-54(48)49)39-26-15-27-47-42-21-8-7-20-40(42)41-22-9-10-25-46(41)53(39)47/h1-34H/i1D,3D,4D,16D,17D. The van der Waals surface area contributed by atoms with E-state index in [2.05, 4.69) is 150 Å². The van der Waals surface area contributed by atoms with Gasteiger partial charge >= 0.3 is 0 Å². The largest absolute Gasteiger partial charge is 0.309 e. The van der Waals surface area contributed by atoms with E-state index in [1.54, 1.807) is 11.3 Å². The highest BCUT2D eigenvalue weighted by Crippen LogP contribution is 2.46. The minimum absolute atomic E-state index is 0.00428. The molecule has 3 heterocycles. The van der Waals surface area contributed by atoms with Crippen molar-refractivity contribution in [2.75, 3.05) is 0 Å². The summed E-state index contributed by atoms with van der Waals surface area (Å²) in [5.74, 6) is 0.639. The smallest absolute Gasteiger partial charge is 0.165 e. The van der Waals surface area contributed by atoms with Crippen LogP contribution < -0.4 is 0 Å². The summed E-state index contributed by atoms with van der Waals surface area (Å²) in [4.78, 5) is 15.1. The summed E-state index contributed by atoms with van der Waals surface area (Å²) in [6.45, 7) is 0. The van der Waals surface area contributed by atoms with Crippen LogP contribution in [0.4, 0.5) is 0 Å². The molecule has 4 nitrogen and oxygen atoms in total. The van der Waals surface area contributed by atoms with Crippen LogP contribution in [0.15, 0.2) is 206 Å². The summed E-state index contributed by atoms with van der Waals surface area (Å²) < 4.78 is 47.7. The number of hydrogen-bond donors (Lipinski definition) is 0. The molecular formula is C57H34N4S. The molecule has 0 fully saturated rings. The van der Waals surface area contributed by atoms with E-state index < -0.39 is 18.1 Å². The highest BCUT2D eigenvalue weighted by molar-refractivity contribution is 7.26. The average Bonchev–Trinajstić information content (AvgIpc) is 3.92. The van der Waals surface area contributed by atoms with Crippen molar-refractivity contribution in [1.29, 1.82) is 0 Å². The van der Waals surface area contributed by atoms with E-state index in [1.807, 2.05) is 30.3 Å². The van der Waals surface area contributed by atoms with E-state index in [1.165, 1.54) is 32.3 Å².